The lowest BCUT2D eigenvalue weighted by molar-refractivity contribution is -0.238. The minimum Gasteiger partial charge on any atom is -0.404 e. The lowest BCUT2D eigenvalue weighted by Crippen LogP contribution is -2.48. The molecule has 0 radical (unpaired) electrons. The van der Waals surface area contributed by atoms with Gasteiger partial charge in [0, 0.05) is 11.8 Å². The first kappa shape index (κ1) is 22.4. The Morgan fingerprint density at radius 2 is 2.16 bits per heavy atom. The van der Waals surface area contributed by atoms with Crippen molar-refractivity contribution < 1.29 is 37.5 Å². The van der Waals surface area contributed by atoms with Gasteiger partial charge in [0.1, 0.15) is 30.4 Å². The summed E-state index contributed by atoms with van der Waals surface area (Å²) in [5, 5.41) is 20.9. The van der Waals surface area contributed by atoms with Crippen molar-refractivity contribution in [1.82, 2.24) is 9.55 Å². The van der Waals surface area contributed by atoms with Crippen molar-refractivity contribution in [3.05, 3.63) is 52.1 Å². The van der Waals surface area contributed by atoms with Crippen molar-refractivity contribution >= 4 is 13.6 Å². The number of aromatic nitrogens is 2. The van der Waals surface area contributed by atoms with Gasteiger partial charge >= 0.3 is 13.5 Å². The van der Waals surface area contributed by atoms with Gasteiger partial charge in [-0.15, -0.1) is 6.42 Å². The Kier molecular flexibility index (Phi) is 5.37. The minimum absolute atomic E-state index is 0.0177. The highest BCUT2D eigenvalue weighted by Crippen LogP contribution is 2.56. The summed E-state index contributed by atoms with van der Waals surface area (Å²) in [6, 6.07) is 6.58. The molecule has 13 heteroatoms. The molecule has 11 nitrogen and oxygen atoms in total. The van der Waals surface area contributed by atoms with E-state index >= 15 is 4.39 Å². The van der Waals surface area contributed by atoms with E-state index in [-0.39, 0.29) is 23.7 Å². The fourth-order valence-electron chi connectivity index (χ4n) is 3.43. The van der Waals surface area contributed by atoms with E-state index in [1.54, 1.807) is 18.2 Å². The van der Waals surface area contributed by atoms with Crippen molar-refractivity contribution in [3.63, 3.8) is 0 Å². The summed E-state index contributed by atoms with van der Waals surface area (Å²) >= 11 is 0. The van der Waals surface area contributed by atoms with E-state index in [2.05, 4.69) is 10.9 Å². The van der Waals surface area contributed by atoms with Crippen LogP contribution in [0.1, 0.15) is 18.1 Å². The summed E-state index contributed by atoms with van der Waals surface area (Å²) in [7, 11) is -4.27. The Morgan fingerprint density at radius 3 is 2.88 bits per heavy atom. The number of aliphatic hydroxyl groups excluding tert-OH is 2. The second-order valence-corrected chi connectivity index (χ2v) is 8.96. The van der Waals surface area contributed by atoms with E-state index in [1.807, 2.05) is 0 Å². The van der Waals surface area contributed by atoms with Crippen LogP contribution in [-0.2, 0) is 30.7 Å². The Labute approximate surface area is 181 Å². The predicted octanol–water partition coefficient (Wildman–Crippen LogP) is 0.631. The van der Waals surface area contributed by atoms with Gasteiger partial charge in [-0.05, 0) is 13.0 Å². The number of terminal acetylenes is 1. The molecular formula is C19H19FN3O8P. The van der Waals surface area contributed by atoms with E-state index in [4.69, 9.17) is 30.5 Å². The van der Waals surface area contributed by atoms with Crippen LogP contribution in [0.3, 0.4) is 0 Å². The number of nitrogens with two attached hydrogens (primary N) is 1. The van der Waals surface area contributed by atoms with Gasteiger partial charge in [-0.25, -0.2) is 13.8 Å². The lowest BCUT2D eigenvalue weighted by Gasteiger charge is -2.31. The first-order valence-electron chi connectivity index (χ1n) is 9.29. The zero-order valence-electron chi connectivity index (χ0n) is 16.7. The van der Waals surface area contributed by atoms with Gasteiger partial charge in [0.05, 0.1) is 12.2 Å². The van der Waals surface area contributed by atoms with Crippen molar-refractivity contribution in [2.24, 2.45) is 0 Å². The summed E-state index contributed by atoms with van der Waals surface area (Å²) < 4.78 is 49.7. The van der Waals surface area contributed by atoms with Gasteiger partial charge in [0.15, 0.2) is 5.72 Å². The van der Waals surface area contributed by atoms with E-state index in [0.29, 0.717) is 10.1 Å². The van der Waals surface area contributed by atoms with Crippen LogP contribution in [0.5, 0.6) is 5.75 Å². The number of ether oxygens (including phenoxy) is 1. The molecule has 1 aromatic heterocycles. The maximum Gasteiger partial charge on any atom is 0.530 e. The number of halogens is 1. The van der Waals surface area contributed by atoms with Crippen molar-refractivity contribution in [1.29, 1.82) is 0 Å². The maximum absolute atomic E-state index is 15.6. The number of alkyl halides is 1. The van der Waals surface area contributed by atoms with E-state index in [9.17, 15) is 19.6 Å². The number of hydrogen-bond donors (Lipinski definition) is 3. The fourth-order valence-corrected chi connectivity index (χ4v) is 4.66. The van der Waals surface area contributed by atoms with Gasteiger partial charge < -0.3 is 25.2 Å². The molecule has 1 aromatic carbocycles. The molecular weight excluding hydrogens is 448 g/mol. The zero-order valence-corrected chi connectivity index (χ0v) is 17.6. The van der Waals surface area contributed by atoms with Gasteiger partial charge in [0.25, 0.3) is 5.85 Å². The number of fused-ring (bicyclic) bond motifs is 1. The average molecular weight is 467 g/mol. The first-order chi connectivity index (χ1) is 15.0. The quantitative estimate of drug-likeness (QED) is 0.431. The third-order valence-electron chi connectivity index (χ3n) is 5.24. The molecule has 1 saturated heterocycles. The molecule has 5 atom stereocenters. The molecule has 2 aromatic rings. The van der Waals surface area contributed by atoms with Crippen LogP contribution in [0.4, 0.5) is 10.2 Å². The van der Waals surface area contributed by atoms with Crippen LogP contribution in [0.25, 0.3) is 0 Å². The number of phosphoric ester groups is 1. The Bertz CT molecular complexity index is 1220. The number of nitrogen functional groups attached to an aromatic ring is 1. The molecule has 170 valence electrons. The molecule has 0 spiro atoms. The molecule has 1 unspecified atom stereocenters. The molecule has 3 heterocycles. The number of phosphoric acid groups is 1. The second kappa shape index (κ2) is 7.67. The van der Waals surface area contributed by atoms with Gasteiger partial charge in [0.2, 0.25) is 0 Å². The van der Waals surface area contributed by atoms with Crippen molar-refractivity contribution in [3.8, 4) is 18.1 Å². The van der Waals surface area contributed by atoms with Crippen LogP contribution in [-0.4, -0.2) is 44.4 Å². The molecule has 0 saturated carbocycles. The van der Waals surface area contributed by atoms with Crippen LogP contribution in [0, 0.1) is 12.3 Å². The Morgan fingerprint density at radius 1 is 1.44 bits per heavy atom. The zero-order chi connectivity index (χ0) is 23.3. The fraction of sp³-hybridized carbons (Fsp3) is 0.368. The largest absolute Gasteiger partial charge is 0.530 e. The average Bonchev–Trinajstić information content (AvgIpc) is 2.93. The SMILES string of the molecule is C#Cc1cn([C@]2(C)O[C@](F)(COP3(=O)OCc4ccccc4O3)[C@@H](O)[C@H]2O)c(=O)nc1N. The summed E-state index contributed by atoms with van der Waals surface area (Å²) in [4.78, 5) is 15.9. The standard InChI is InChI=1S/C19H19FN3O8P/c1-3-11-8-23(17(26)22-16(11)21)18(2)14(24)15(25)19(20,31-18)10-29-32(27)28-9-12-6-4-5-7-13(12)30-32/h1,4-8,14-15,24-25H,9-10H2,2H3,(H2,21,22,26)/t14-,15+,18-,19-,32?/m1/s1. The smallest absolute Gasteiger partial charge is 0.404 e. The predicted molar refractivity (Wildman–Crippen MR) is 107 cm³/mol. The number of nitrogens with zero attached hydrogens (tertiary/aromatic N) is 2. The monoisotopic (exact) mass is 467 g/mol. The van der Waals surface area contributed by atoms with Crippen molar-refractivity contribution in [2.75, 3.05) is 12.3 Å². The number of hydrogen-bond acceptors (Lipinski definition) is 10. The lowest BCUT2D eigenvalue weighted by atomic mass is 10.0. The number of rotatable bonds is 4. The molecule has 2 aliphatic rings. The topological polar surface area (TPSA) is 155 Å². The highest BCUT2D eigenvalue weighted by atomic mass is 31.2. The molecule has 1 fully saturated rings. The number of anilines is 1. The van der Waals surface area contributed by atoms with Crippen LogP contribution in [0.15, 0.2) is 35.3 Å². The normalized spacial score (nSPS) is 33.8. The summed E-state index contributed by atoms with van der Waals surface area (Å²) in [5.41, 5.74) is 2.99. The van der Waals surface area contributed by atoms with Crippen LogP contribution < -0.4 is 15.9 Å². The Hall–Kier alpha value is -2.78. The molecule has 0 amide bonds. The van der Waals surface area contributed by atoms with Crippen molar-refractivity contribution in [2.45, 2.75) is 37.3 Å². The molecule has 32 heavy (non-hydrogen) atoms. The van der Waals surface area contributed by atoms with E-state index in [1.165, 1.54) is 6.07 Å². The molecule has 4 rings (SSSR count). The molecule has 2 aliphatic heterocycles. The second-order valence-electron chi connectivity index (χ2n) is 7.36. The number of aliphatic hydroxyl groups is 2. The summed E-state index contributed by atoms with van der Waals surface area (Å²) in [6.07, 6.45) is 2.17. The minimum atomic E-state index is -4.27. The van der Waals surface area contributed by atoms with Gasteiger partial charge in [-0.2, -0.15) is 4.98 Å². The maximum atomic E-state index is 15.6. The van der Waals surface area contributed by atoms with Crippen LogP contribution in [0.2, 0.25) is 0 Å². The first-order valence-corrected chi connectivity index (χ1v) is 10.8. The van der Waals surface area contributed by atoms with Gasteiger partial charge in [-0.3, -0.25) is 13.6 Å². The number of benzene rings is 1. The Balaban J connectivity index is 1.58. The van der Waals surface area contributed by atoms with E-state index < -0.39 is 43.9 Å². The summed E-state index contributed by atoms with van der Waals surface area (Å²) in [5.74, 6) is -0.923. The van der Waals surface area contributed by atoms with Gasteiger partial charge in [-0.1, -0.05) is 24.1 Å². The third-order valence-corrected chi connectivity index (χ3v) is 6.55. The number of para-hydroxylation sites is 1. The van der Waals surface area contributed by atoms with Crippen LogP contribution >= 0.6 is 7.82 Å². The molecule has 4 N–H and O–H groups in total. The highest BCUT2D eigenvalue weighted by Gasteiger charge is 2.63. The molecule has 0 aliphatic carbocycles. The van der Waals surface area contributed by atoms with E-state index in [0.717, 1.165) is 13.1 Å². The third kappa shape index (κ3) is 3.59. The highest BCUT2D eigenvalue weighted by molar-refractivity contribution is 7.49. The summed E-state index contributed by atoms with van der Waals surface area (Å²) in [6.45, 7) is -0.134. The molecule has 0 bridgehead atoms.